The van der Waals surface area contributed by atoms with Crippen LogP contribution < -0.4 is 9.47 Å². The van der Waals surface area contributed by atoms with Crippen LogP contribution in [0.25, 0.3) is 22.6 Å². The van der Waals surface area contributed by atoms with E-state index >= 15 is 0 Å². The Bertz CT molecular complexity index is 1690. The lowest BCUT2D eigenvalue weighted by atomic mass is 10.0. The lowest BCUT2D eigenvalue weighted by molar-refractivity contribution is 0.0229. The maximum absolute atomic E-state index is 13.5. The Labute approximate surface area is 217 Å². The zero-order chi connectivity index (χ0) is 25.8. The summed E-state index contributed by atoms with van der Waals surface area (Å²) in [5, 5.41) is 0.669. The van der Waals surface area contributed by atoms with Crippen molar-refractivity contribution in [3.05, 3.63) is 100 Å². The number of ether oxygens (including phenoxy) is 3. The highest BCUT2D eigenvalue weighted by molar-refractivity contribution is 6.21. The number of carbonyl (C=O) groups excluding carboxylic acids is 3. The van der Waals surface area contributed by atoms with Crippen LogP contribution in [-0.2, 0) is 11.2 Å². The summed E-state index contributed by atoms with van der Waals surface area (Å²) in [6.45, 7) is -0.256. The van der Waals surface area contributed by atoms with E-state index in [-0.39, 0.29) is 6.79 Å². The Morgan fingerprint density at radius 3 is 2.47 bits per heavy atom. The summed E-state index contributed by atoms with van der Waals surface area (Å²) < 4.78 is 16.5. The van der Waals surface area contributed by atoms with Crippen molar-refractivity contribution in [1.82, 2.24) is 9.88 Å². The van der Waals surface area contributed by atoms with E-state index in [1.807, 2.05) is 48.5 Å². The molecule has 7 rings (SSSR count). The van der Waals surface area contributed by atoms with E-state index in [2.05, 4.69) is 0 Å². The van der Waals surface area contributed by atoms with Gasteiger partial charge in [-0.05, 0) is 65.9 Å². The van der Waals surface area contributed by atoms with Crippen LogP contribution in [0.5, 0.6) is 11.5 Å². The molecule has 0 saturated heterocycles. The molecule has 186 valence electrons. The van der Waals surface area contributed by atoms with Crippen molar-refractivity contribution in [2.24, 2.45) is 0 Å². The predicted octanol–water partition coefficient (Wildman–Crippen LogP) is 4.86. The van der Waals surface area contributed by atoms with Crippen LogP contribution >= 0.6 is 0 Å². The lowest BCUT2D eigenvalue weighted by Gasteiger charge is -2.16. The fraction of sp³-hybridized carbons (Fsp3) is 0.133. The Hall–Kier alpha value is -4.98. The topological polar surface area (TPSA) is 95.0 Å². The lowest BCUT2D eigenvalue weighted by Crippen LogP contribution is -2.33. The molecule has 1 aliphatic carbocycles. The zero-order valence-electron chi connectivity index (χ0n) is 20.1. The fourth-order valence-corrected chi connectivity index (χ4v) is 5.27. The Kier molecular flexibility index (Phi) is 5.00. The number of benzene rings is 3. The third-order valence-electron chi connectivity index (χ3n) is 7.09. The summed E-state index contributed by atoms with van der Waals surface area (Å²) in [6.07, 6.45) is 3.36. The highest BCUT2D eigenvalue weighted by Gasteiger charge is 2.36. The van der Waals surface area contributed by atoms with Crippen molar-refractivity contribution in [2.75, 3.05) is 13.5 Å². The smallest absolute Gasteiger partial charge is 0.340 e. The summed E-state index contributed by atoms with van der Waals surface area (Å²) in [6, 6.07) is 19.7. The molecule has 4 aromatic rings. The maximum atomic E-state index is 13.5. The second-order valence-corrected chi connectivity index (χ2v) is 9.26. The average Bonchev–Trinajstić information content (AvgIpc) is 3.63. The molecular formula is C30H20N2O6. The van der Waals surface area contributed by atoms with Crippen molar-refractivity contribution in [2.45, 2.75) is 12.8 Å². The molecule has 2 amide bonds. The maximum Gasteiger partial charge on any atom is 0.340 e. The summed E-state index contributed by atoms with van der Waals surface area (Å²) >= 11 is 0. The predicted molar refractivity (Wildman–Crippen MR) is 138 cm³/mol. The molecule has 0 spiro atoms. The summed E-state index contributed by atoms with van der Waals surface area (Å²) in [7, 11) is 0. The molecule has 0 unspecified atom stereocenters. The van der Waals surface area contributed by atoms with Crippen molar-refractivity contribution in [3.8, 4) is 11.5 Å². The summed E-state index contributed by atoms with van der Waals surface area (Å²) in [4.78, 5) is 44.8. The number of nitrogens with zero attached hydrogens (tertiary/aromatic N) is 2. The van der Waals surface area contributed by atoms with Gasteiger partial charge < -0.3 is 14.2 Å². The molecule has 8 heteroatoms. The molecule has 0 radical (unpaired) electrons. The van der Waals surface area contributed by atoms with Crippen LogP contribution in [0.15, 0.2) is 66.7 Å². The monoisotopic (exact) mass is 504 g/mol. The minimum atomic E-state index is -0.597. The highest BCUT2D eigenvalue weighted by Crippen LogP contribution is 2.39. The second kappa shape index (κ2) is 8.55. The number of para-hydroxylation sites is 1. The SMILES string of the molecule is O=C(OCN1C(=O)c2ccccc2C1=O)c1c2c(nc3ccccc13)C(=Cc1ccc3c(c1)OCO3)CC2. The van der Waals surface area contributed by atoms with Crippen LogP contribution in [0.4, 0.5) is 0 Å². The van der Waals surface area contributed by atoms with Gasteiger partial charge in [0.2, 0.25) is 6.79 Å². The number of pyridine rings is 1. The first-order valence-electron chi connectivity index (χ1n) is 12.2. The van der Waals surface area contributed by atoms with E-state index in [0.29, 0.717) is 51.9 Å². The number of allylic oxidation sites excluding steroid dienone is 1. The molecule has 3 aliphatic rings. The molecule has 1 aromatic heterocycles. The Balaban J connectivity index is 1.22. The van der Waals surface area contributed by atoms with Gasteiger partial charge in [-0.1, -0.05) is 36.4 Å². The molecule has 0 fully saturated rings. The Morgan fingerprint density at radius 2 is 1.66 bits per heavy atom. The minimum absolute atomic E-state index is 0.206. The number of aromatic nitrogens is 1. The normalized spacial score (nSPS) is 16.3. The van der Waals surface area contributed by atoms with Crippen LogP contribution in [0.1, 0.15) is 54.3 Å². The van der Waals surface area contributed by atoms with Gasteiger partial charge in [-0.25, -0.2) is 14.7 Å². The standard InChI is InChI=1S/C30H20N2O6/c33-28-19-5-1-2-6-20(19)29(34)32(28)15-36-30(35)26-21-7-3-4-8-23(21)31-27-18(10-11-22(26)27)13-17-9-12-24-25(14-17)38-16-37-24/h1-9,12-14H,10-11,15-16H2. The summed E-state index contributed by atoms with van der Waals surface area (Å²) in [5.74, 6) is -0.136. The average molecular weight is 504 g/mol. The van der Waals surface area contributed by atoms with Crippen LogP contribution in [-0.4, -0.2) is 41.2 Å². The number of imide groups is 1. The van der Waals surface area contributed by atoms with Crippen molar-refractivity contribution < 1.29 is 28.6 Å². The van der Waals surface area contributed by atoms with Crippen LogP contribution in [0.2, 0.25) is 0 Å². The van der Waals surface area contributed by atoms with Gasteiger partial charge in [0.15, 0.2) is 18.2 Å². The minimum Gasteiger partial charge on any atom is -0.454 e. The first kappa shape index (κ1) is 22.2. The quantitative estimate of drug-likeness (QED) is 0.289. The van der Waals surface area contributed by atoms with E-state index in [9.17, 15) is 14.4 Å². The molecule has 3 heterocycles. The van der Waals surface area contributed by atoms with E-state index in [1.165, 1.54) is 0 Å². The van der Waals surface area contributed by atoms with Gasteiger partial charge >= 0.3 is 5.97 Å². The fourth-order valence-electron chi connectivity index (χ4n) is 5.27. The van der Waals surface area contributed by atoms with E-state index < -0.39 is 24.5 Å². The number of esters is 1. The van der Waals surface area contributed by atoms with Crippen molar-refractivity contribution in [3.63, 3.8) is 0 Å². The summed E-state index contributed by atoms with van der Waals surface area (Å²) in [5.41, 5.74) is 5.18. The van der Waals surface area contributed by atoms with E-state index in [0.717, 1.165) is 27.3 Å². The van der Waals surface area contributed by atoms with Gasteiger partial charge in [-0.2, -0.15) is 0 Å². The van der Waals surface area contributed by atoms with Crippen molar-refractivity contribution >= 4 is 40.3 Å². The van der Waals surface area contributed by atoms with Crippen LogP contribution in [0.3, 0.4) is 0 Å². The third-order valence-corrected chi connectivity index (χ3v) is 7.09. The number of hydrogen-bond acceptors (Lipinski definition) is 7. The molecule has 2 aliphatic heterocycles. The van der Waals surface area contributed by atoms with Gasteiger partial charge in [0, 0.05) is 5.39 Å². The number of carbonyl (C=O) groups is 3. The van der Waals surface area contributed by atoms with Crippen LogP contribution in [0, 0.1) is 0 Å². The van der Waals surface area contributed by atoms with Gasteiger partial charge in [-0.3, -0.25) is 9.59 Å². The third kappa shape index (κ3) is 3.45. The van der Waals surface area contributed by atoms with Gasteiger partial charge in [0.25, 0.3) is 11.8 Å². The van der Waals surface area contributed by atoms with Gasteiger partial charge in [0.05, 0.1) is 27.9 Å². The molecule has 38 heavy (non-hydrogen) atoms. The molecule has 3 aromatic carbocycles. The molecule has 0 saturated carbocycles. The zero-order valence-corrected chi connectivity index (χ0v) is 20.1. The van der Waals surface area contributed by atoms with E-state index in [1.54, 1.807) is 24.3 Å². The first-order valence-corrected chi connectivity index (χ1v) is 12.2. The molecule has 8 nitrogen and oxygen atoms in total. The number of amides is 2. The highest BCUT2D eigenvalue weighted by atomic mass is 16.7. The number of rotatable bonds is 4. The van der Waals surface area contributed by atoms with E-state index in [4.69, 9.17) is 19.2 Å². The molecule has 0 bridgehead atoms. The number of hydrogen-bond donors (Lipinski definition) is 0. The number of fused-ring (bicyclic) bond motifs is 4. The molecule has 0 N–H and O–H groups in total. The van der Waals surface area contributed by atoms with Gasteiger partial charge in [-0.15, -0.1) is 0 Å². The Morgan fingerprint density at radius 1 is 0.921 bits per heavy atom. The molecule has 0 atom stereocenters. The molecular weight excluding hydrogens is 484 g/mol. The first-order chi connectivity index (χ1) is 18.6. The van der Waals surface area contributed by atoms with Crippen molar-refractivity contribution in [1.29, 1.82) is 0 Å². The largest absolute Gasteiger partial charge is 0.454 e. The van der Waals surface area contributed by atoms with Gasteiger partial charge in [0.1, 0.15) is 0 Å². The second-order valence-electron chi connectivity index (χ2n) is 9.26.